The second kappa shape index (κ2) is 6.10. The normalized spacial score (nSPS) is 19.7. The number of esters is 2. The highest BCUT2D eigenvalue weighted by Gasteiger charge is 2.40. The van der Waals surface area contributed by atoms with Crippen LogP contribution in [0.1, 0.15) is 34.6 Å². The molecule has 1 aromatic rings. The summed E-state index contributed by atoms with van der Waals surface area (Å²) in [6.45, 7) is 8.24. The monoisotopic (exact) mass is 290 g/mol. The van der Waals surface area contributed by atoms with Gasteiger partial charge < -0.3 is 14.2 Å². The summed E-state index contributed by atoms with van der Waals surface area (Å²) in [7, 11) is 0. The number of benzene rings is 1. The number of ether oxygens (including phenoxy) is 3. The first-order valence-corrected chi connectivity index (χ1v) is 6.62. The van der Waals surface area contributed by atoms with Gasteiger partial charge in [-0.15, -0.1) is 0 Å². The zero-order chi connectivity index (χ0) is 15.5. The zero-order valence-electron chi connectivity index (χ0n) is 12.2. The van der Waals surface area contributed by atoms with E-state index in [2.05, 4.69) is 6.58 Å². The minimum absolute atomic E-state index is 0.156. The van der Waals surface area contributed by atoms with E-state index in [0.717, 1.165) is 5.57 Å². The summed E-state index contributed by atoms with van der Waals surface area (Å²) in [4.78, 5) is 23.7. The first kappa shape index (κ1) is 15.3. The first-order valence-electron chi connectivity index (χ1n) is 6.62. The van der Waals surface area contributed by atoms with Crippen molar-refractivity contribution in [3.05, 3.63) is 47.5 Å². The Balaban J connectivity index is 1.97. The fraction of sp³-hybridized carbons (Fsp3) is 0.375. The summed E-state index contributed by atoms with van der Waals surface area (Å²) in [6.07, 6.45) is 0. The summed E-state index contributed by atoms with van der Waals surface area (Å²) in [6, 6.07) is 6.25. The third kappa shape index (κ3) is 4.43. The SMILES string of the molecule is C=C(C)COC(=O)c1cccc(C(=O)OCC2(C)CO2)c1. The van der Waals surface area contributed by atoms with Crippen LogP contribution in [0.25, 0.3) is 0 Å². The Bertz CT molecular complexity index is 572. The third-order valence-electron chi connectivity index (χ3n) is 2.93. The van der Waals surface area contributed by atoms with Gasteiger partial charge in [0.25, 0.3) is 0 Å². The Labute approximate surface area is 123 Å². The van der Waals surface area contributed by atoms with E-state index in [1.807, 2.05) is 6.92 Å². The molecule has 2 rings (SSSR count). The predicted octanol–water partition coefficient (Wildman–Crippen LogP) is 2.37. The van der Waals surface area contributed by atoms with Crippen LogP contribution in [0.3, 0.4) is 0 Å². The van der Waals surface area contributed by atoms with E-state index in [9.17, 15) is 9.59 Å². The predicted molar refractivity (Wildman–Crippen MR) is 76.2 cm³/mol. The molecule has 0 saturated carbocycles. The molecule has 1 atom stereocenters. The van der Waals surface area contributed by atoms with Crippen molar-refractivity contribution in [1.29, 1.82) is 0 Å². The van der Waals surface area contributed by atoms with Crippen LogP contribution in [0, 0.1) is 0 Å². The molecule has 1 aromatic carbocycles. The summed E-state index contributed by atoms with van der Waals surface area (Å²) in [5.74, 6) is -0.980. The number of carbonyl (C=O) groups excluding carboxylic acids is 2. The highest BCUT2D eigenvalue weighted by atomic mass is 16.6. The van der Waals surface area contributed by atoms with Crippen molar-refractivity contribution in [3.8, 4) is 0 Å². The summed E-state index contributed by atoms with van der Waals surface area (Å²) < 4.78 is 15.3. The van der Waals surface area contributed by atoms with Crippen molar-refractivity contribution in [2.24, 2.45) is 0 Å². The van der Waals surface area contributed by atoms with Crippen molar-refractivity contribution >= 4 is 11.9 Å². The average Bonchev–Trinajstić information content (AvgIpc) is 3.20. The van der Waals surface area contributed by atoms with E-state index >= 15 is 0 Å². The molecular weight excluding hydrogens is 272 g/mol. The highest BCUT2D eigenvalue weighted by Crippen LogP contribution is 2.26. The molecule has 1 aliphatic heterocycles. The molecule has 0 aromatic heterocycles. The van der Waals surface area contributed by atoms with Gasteiger partial charge in [-0.3, -0.25) is 0 Å². The number of rotatable bonds is 6. The molecule has 0 bridgehead atoms. The number of hydrogen-bond acceptors (Lipinski definition) is 5. The summed E-state index contributed by atoms with van der Waals surface area (Å²) in [5.41, 5.74) is 1.01. The summed E-state index contributed by atoms with van der Waals surface area (Å²) in [5, 5.41) is 0. The fourth-order valence-electron chi connectivity index (χ4n) is 1.55. The molecular formula is C16H18O5. The Hall–Kier alpha value is -2.14. The lowest BCUT2D eigenvalue weighted by Crippen LogP contribution is -2.18. The van der Waals surface area contributed by atoms with E-state index in [-0.39, 0.29) is 18.8 Å². The van der Waals surface area contributed by atoms with Gasteiger partial charge in [0.1, 0.15) is 18.8 Å². The summed E-state index contributed by atoms with van der Waals surface area (Å²) >= 11 is 0. The lowest BCUT2D eigenvalue weighted by Gasteiger charge is -2.08. The van der Waals surface area contributed by atoms with Crippen LogP contribution in [0.2, 0.25) is 0 Å². The molecule has 1 heterocycles. The van der Waals surface area contributed by atoms with Crippen molar-refractivity contribution in [3.63, 3.8) is 0 Å². The molecule has 0 radical (unpaired) electrons. The van der Waals surface area contributed by atoms with Crippen molar-refractivity contribution in [2.75, 3.05) is 19.8 Å². The Morgan fingerprint density at radius 2 is 1.86 bits per heavy atom. The van der Waals surface area contributed by atoms with Crippen LogP contribution >= 0.6 is 0 Å². The molecule has 112 valence electrons. The zero-order valence-corrected chi connectivity index (χ0v) is 12.2. The second-order valence-corrected chi connectivity index (χ2v) is 5.43. The van der Waals surface area contributed by atoms with Crippen molar-refractivity contribution < 1.29 is 23.8 Å². The Morgan fingerprint density at radius 1 is 1.29 bits per heavy atom. The van der Waals surface area contributed by atoms with Gasteiger partial charge in [0.15, 0.2) is 0 Å². The molecule has 1 aliphatic rings. The van der Waals surface area contributed by atoms with E-state index in [0.29, 0.717) is 17.7 Å². The maximum absolute atomic E-state index is 11.9. The molecule has 0 amide bonds. The molecule has 21 heavy (non-hydrogen) atoms. The third-order valence-corrected chi connectivity index (χ3v) is 2.93. The largest absolute Gasteiger partial charge is 0.459 e. The van der Waals surface area contributed by atoms with Gasteiger partial charge in [-0.25, -0.2) is 9.59 Å². The molecule has 1 fully saturated rings. The van der Waals surface area contributed by atoms with Gasteiger partial charge in [-0.2, -0.15) is 0 Å². The topological polar surface area (TPSA) is 65.1 Å². The van der Waals surface area contributed by atoms with Crippen LogP contribution in [-0.2, 0) is 14.2 Å². The quantitative estimate of drug-likeness (QED) is 0.457. The Morgan fingerprint density at radius 3 is 2.38 bits per heavy atom. The number of carbonyl (C=O) groups is 2. The maximum atomic E-state index is 11.9. The standard InChI is InChI=1S/C16H18O5/c1-11(2)8-19-14(17)12-5-4-6-13(7-12)15(18)20-9-16(3)10-21-16/h4-7H,1,8-10H2,2-3H3. The fourth-order valence-corrected chi connectivity index (χ4v) is 1.55. The minimum Gasteiger partial charge on any atom is -0.459 e. The molecule has 1 unspecified atom stereocenters. The van der Waals surface area contributed by atoms with E-state index < -0.39 is 11.9 Å². The van der Waals surface area contributed by atoms with Gasteiger partial charge in [-0.1, -0.05) is 12.6 Å². The Kier molecular flexibility index (Phi) is 4.43. The van der Waals surface area contributed by atoms with Crippen LogP contribution in [0.5, 0.6) is 0 Å². The lowest BCUT2D eigenvalue weighted by molar-refractivity contribution is 0.0411. The van der Waals surface area contributed by atoms with E-state index in [4.69, 9.17) is 14.2 Å². The van der Waals surface area contributed by atoms with Gasteiger partial charge in [0, 0.05) is 0 Å². The number of hydrogen-bond donors (Lipinski definition) is 0. The van der Waals surface area contributed by atoms with Crippen LogP contribution in [0.15, 0.2) is 36.4 Å². The average molecular weight is 290 g/mol. The van der Waals surface area contributed by atoms with E-state index in [1.54, 1.807) is 25.1 Å². The molecule has 0 N–H and O–H groups in total. The second-order valence-electron chi connectivity index (χ2n) is 5.43. The highest BCUT2D eigenvalue weighted by molar-refractivity contribution is 5.95. The molecule has 5 heteroatoms. The molecule has 5 nitrogen and oxygen atoms in total. The van der Waals surface area contributed by atoms with Crippen LogP contribution in [0.4, 0.5) is 0 Å². The smallest absolute Gasteiger partial charge is 0.338 e. The van der Waals surface area contributed by atoms with Gasteiger partial charge in [-0.05, 0) is 37.6 Å². The number of epoxide rings is 1. The van der Waals surface area contributed by atoms with Crippen molar-refractivity contribution in [1.82, 2.24) is 0 Å². The van der Waals surface area contributed by atoms with Crippen LogP contribution in [-0.4, -0.2) is 37.4 Å². The molecule has 0 spiro atoms. The van der Waals surface area contributed by atoms with Gasteiger partial charge in [0.2, 0.25) is 0 Å². The van der Waals surface area contributed by atoms with Gasteiger partial charge in [0.05, 0.1) is 17.7 Å². The first-order chi connectivity index (χ1) is 9.89. The minimum atomic E-state index is -0.495. The molecule has 1 saturated heterocycles. The van der Waals surface area contributed by atoms with Gasteiger partial charge >= 0.3 is 11.9 Å². The maximum Gasteiger partial charge on any atom is 0.338 e. The lowest BCUT2D eigenvalue weighted by atomic mass is 10.1. The van der Waals surface area contributed by atoms with Crippen LogP contribution < -0.4 is 0 Å². The van der Waals surface area contributed by atoms with Crippen molar-refractivity contribution in [2.45, 2.75) is 19.4 Å². The van der Waals surface area contributed by atoms with E-state index in [1.165, 1.54) is 6.07 Å². The molecule has 0 aliphatic carbocycles.